The van der Waals surface area contributed by atoms with Crippen LogP contribution in [0.2, 0.25) is 0 Å². The highest BCUT2D eigenvalue weighted by molar-refractivity contribution is 14.0. The molecular formula is C23H29IN4O2. The maximum Gasteiger partial charge on any atom is 0.226 e. The summed E-state index contributed by atoms with van der Waals surface area (Å²) >= 11 is 0. The second kappa shape index (κ2) is 12.3. The van der Waals surface area contributed by atoms with Gasteiger partial charge in [0.25, 0.3) is 0 Å². The lowest BCUT2D eigenvalue weighted by atomic mass is 10.1. The van der Waals surface area contributed by atoms with E-state index in [1.807, 2.05) is 50.2 Å². The molecular weight excluding hydrogens is 491 g/mol. The van der Waals surface area contributed by atoms with E-state index < -0.39 is 0 Å². The first-order valence-corrected chi connectivity index (χ1v) is 9.78. The number of nitrogens with zero attached hydrogens (tertiary/aromatic N) is 2. The van der Waals surface area contributed by atoms with Crippen LogP contribution >= 0.6 is 24.0 Å². The average Bonchev–Trinajstić information content (AvgIpc) is 3.22. The molecule has 2 aromatic carbocycles. The predicted octanol–water partition coefficient (Wildman–Crippen LogP) is 4.75. The minimum atomic E-state index is 0. The third-order valence-electron chi connectivity index (χ3n) is 4.27. The van der Waals surface area contributed by atoms with Crippen molar-refractivity contribution in [3.8, 4) is 11.5 Å². The molecule has 0 atom stereocenters. The first kappa shape index (κ1) is 23.9. The first-order chi connectivity index (χ1) is 14.1. The Kier molecular flexibility index (Phi) is 9.82. The molecule has 0 aliphatic heterocycles. The fourth-order valence-electron chi connectivity index (χ4n) is 2.77. The molecule has 30 heavy (non-hydrogen) atoms. The molecule has 160 valence electrons. The van der Waals surface area contributed by atoms with Gasteiger partial charge in [0, 0.05) is 19.2 Å². The van der Waals surface area contributed by atoms with Crippen molar-refractivity contribution in [1.29, 1.82) is 0 Å². The summed E-state index contributed by atoms with van der Waals surface area (Å²) in [6.07, 6.45) is 1.89. The van der Waals surface area contributed by atoms with Crippen molar-refractivity contribution in [3.05, 3.63) is 77.7 Å². The van der Waals surface area contributed by atoms with Crippen LogP contribution in [0.1, 0.15) is 30.7 Å². The Bertz CT molecular complexity index is 926. The van der Waals surface area contributed by atoms with Crippen LogP contribution in [0.5, 0.6) is 0 Å². The van der Waals surface area contributed by atoms with Gasteiger partial charge in [-0.15, -0.1) is 24.0 Å². The summed E-state index contributed by atoms with van der Waals surface area (Å²) < 4.78 is 11.3. The normalized spacial score (nSPS) is 11.3. The Morgan fingerprint density at radius 3 is 2.50 bits per heavy atom. The number of hydrogen-bond donors (Lipinski definition) is 2. The molecule has 0 aliphatic rings. The van der Waals surface area contributed by atoms with Crippen LogP contribution < -0.4 is 10.6 Å². The zero-order valence-corrected chi connectivity index (χ0v) is 19.9. The van der Waals surface area contributed by atoms with E-state index in [9.17, 15) is 0 Å². The molecule has 6 nitrogen and oxygen atoms in total. The Hall–Kier alpha value is -2.39. The molecule has 1 heterocycles. The molecule has 1 aromatic heterocycles. The Morgan fingerprint density at radius 2 is 1.77 bits per heavy atom. The van der Waals surface area contributed by atoms with E-state index in [0.29, 0.717) is 31.5 Å². The van der Waals surface area contributed by atoms with Crippen LogP contribution in [0.25, 0.3) is 11.5 Å². The van der Waals surface area contributed by atoms with Crippen LogP contribution in [0.3, 0.4) is 0 Å². The fourth-order valence-corrected chi connectivity index (χ4v) is 2.77. The lowest BCUT2D eigenvalue weighted by Gasteiger charge is -2.12. The zero-order valence-electron chi connectivity index (χ0n) is 17.6. The first-order valence-electron chi connectivity index (χ1n) is 9.78. The van der Waals surface area contributed by atoms with E-state index in [-0.39, 0.29) is 30.1 Å². The number of hydrogen-bond acceptors (Lipinski definition) is 4. The molecule has 3 aromatic rings. The third kappa shape index (κ3) is 7.46. The molecule has 0 bridgehead atoms. The van der Waals surface area contributed by atoms with Crippen LogP contribution in [-0.4, -0.2) is 24.1 Å². The van der Waals surface area contributed by atoms with E-state index in [1.165, 1.54) is 5.56 Å². The summed E-state index contributed by atoms with van der Waals surface area (Å²) in [6.45, 7) is 5.90. The minimum absolute atomic E-state index is 0. The van der Waals surface area contributed by atoms with Gasteiger partial charge in [0.2, 0.25) is 5.89 Å². The van der Waals surface area contributed by atoms with Crippen molar-refractivity contribution < 1.29 is 9.15 Å². The van der Waals surface area contributed by atoms with Crippen molar-refractivity contribution in [3.63, 3.8) is 0 Å². The number of halogens is 1. The van der Waals surface area contributed by atoms with Gasteiger partial charge in [0.1, 0.15) is 6.26 Å². The molecule has 0 saturated carbocycles. The van der Waals surface area contributed by atoms with E-state index in [4.69, 9.17) is 9.15 Å². The number of rotatable bonds is 8. The summed E-state index contributed by atoms with van der Waals surface area (Å²) in [6, 6.07) is 18.2. The maximum atomic E-state index is 5.68. The number of nitrogens with one attached hydrogen (secondary N) is 2. The van der Waals surface area contributed by atoms with Crippen molar-refractivity contribution in [2.45, 2.75) is 39.6 Å². The summed E-state index contributed by atoms with van der Waals surface area (Å²) in [5.74, 6) is 1.32. The molecule has 0 amide bonds. The molecule has 3 rings (SSSR count). The van der Waals surface area contributed by atoms with Crippen LogP contribution in [0.4, 0.5) is 0 Å². The van der Waals surface area contributed by atoms with Crippen molar-refractivity contribution in [2.75, 3.05) is 7.05 Å². The molecule has 0 saturated heterocycles. The van der Waals surface area contributed by atoms with Crippen LogP contribution in [-0.2, 0) is 24.4 Å². The Labute approximate surface area is 195 Å². The number of aliphatic imine (C=N–C) groups is 1. The van der Waals surface area contributed by atoms with Crippen molar-refractivity contribution >= 4 is 29.9 Å². The number of ether oxygens (including phenoxy) is 1. The fraction of sp³-hybridized carbons (Fsp3) is 0.304. The van der Waals surface area contributed by atoms with Gasteiger partial charge < -0.3 is 19.8 Å². The zero-order chi connectivity index (χ0) is 20.5. The molecule has 0 fully saturated rings. The molecule has 0 aliphatic carbocycles. The van der Waals surface area contributed by atoms with Gasteiger partial charge in [0.05, 0.1) is 24.9 Å². The van der Waals surface area contributed by atoms with E-state index >= 15 is 0 Å². The van der Waals surface area contributed by atoms with Crippen LogP contribution in [0, 0.1) is 0 Å². The maximum absolute atomic E-state index is 5.68. The summed E-state index contributed by atoms with van der Waals surface area (Å²) in [4.78, 5) is 8.80. The van der Waals surface area contributed by atoms with Gasteiger partial charge in [0.15, 0.2) is 5.96 Å². The third-order valence-corrected chi connectivity index (χ3v) is 4.27. The summed E-state index contributed by atoms with van der Waals surface area (Å²) in [5, 5.41) is 6.59. The van der Waals surface area contributed by atoms with Crippen molar-refractivity contribution in [2.24, 2.45) is 4.99 Å². The topological polar surface area (TPSA) is 71.7 Å². The summed E-state index contributed by atoms with van der Waals surface area (Å²) in [5.41, 5.74) is 4.12. The highest BCUT2D eigenvalue weighted by Crippen LogP contribution is 2.17. The second-order valence-corrected chi connectivity index (χ2v) is 6.97. The van der Waals surface area contributed by atoms with Crippen molar-refractivity contribution in [1.82, 2.24) is 15.6 Å². The van der Waals surface area contributed by atoms with Gasteiger partial charge in [-0.25, -0.2) is 4.98 Å². The standard InChI is InChI=1S/C23H28N4O2.HI/c1-17(2)28-15-19-9-7-8-18(12-19)13-25-23(24-3)26-14-21-16-29-22(27-21)20-10-5-4-6-11-20;/h4-12,16-17H,13-15H2,1-3H3,(H2,24,25,26);1H. The van der Waals surface area contributed by atoms with Gasteiger partial charge in [-0.3, -0.25) is 4.99 Å². The predicted molar refractivity (Wildman–Crippen MR) is 131 cm³/mol. The quantitative estimate of drug-likeness (QED) is 0.255. The SMILES string of the molecule is CN=C(NCc1cccc(COC(C)C)c1)NCc1coc(-c2ccccc2)n1.I. The highest BCUT2D eigenvalue weighted by atomic mass is 127. The monoisotopic (exact) mass is 520 g/mol. The van der Waals surface area contributed by atoms with E-state index in [2.05, 4.69) is 38.8 Å². The highest BCUT2D eigenvalue weighted by Gasteiger charge is 2.07. The molecule has 0 unspecified atom stereocenters. The van der Waals surface area contributed by atoms with Gasteiger partial charge in [-0.1, -0.05) is 42.5 Å². The smallest absolute Gasteiger partial charge is 0.226 e. The molecule has 7 heteroatoms. The Morgan fingerprint density at radius 1 is 1.03 bits per heavy atom. The largest absolute Gasteiger partial charge is 0.444 e. The number of oxazole rings is 1. The van der Waals surface area contributed by atoms with Gasteiger partial charge in [-0.05, 0) is 37.1 Å². The van der Waals surface area contributed by atoms with Crippen LogP contribution in [0.15, 0.2) is 70.3 Å². The molecule has 0 spiro atoms. The van der Waals surface area contributed by atoms with E-state index in [0.717, 1.165) is 16.8 Å². The number of aromatic nitrogens is 1. The number of benzene rings is 2. The molecule has 2 N–H and O–H groups in total. The second-order valence-electron chi connectivity index (χ2n) is 6.97. The lowest BCUT2D eigenvalue weighted by molar-refractivity contribution is 0.0657. The average molecular weight is 520 g/mol. The number of guanidine groups is 1. The Balaban J connectivity index is 0.00000320. The minimum Gasteiger partial charge on any atom is -0.444 e. The van der Waals surface area contributed by atoms with E-state index in [1.54, 1.807) is 13.3 Å². The van der Waals surface area contributed by atoms with Gasteiger partial charge >= 0.3 is 0 Å². The lowest BCUT2D eigenvalue weighted by Crippen LogP contribution is -2.36. The summed E-state index contributed by atoms with van der Waals surface area (Å²) in [7, 11) is 1.75. The van der Waals surface area contributed by atoms with Gasteiger partial charge in [-0.2, -0.15) is 0 Å². The molecule has 0 radical (unpaired) electrons.